The fourth-order valence-corrected chi connectivity index (χ4v) is 3.06. The molecule has 0 saturated carbocycles. The molecule has 18 heavy (non-hydrogen) atoms. The van der Waals surface area contributed by atoms with Gasteiger partial charge in [-0.15, -0.1) is 0 Å². The Morgan fingerprint density at radius 3 is 2.83 bits per heavy atom. The summed E-state index contributed by atoms with van der Waals surface area (Å²) in [4.78, 5) is 2.54. The second-order valence-electron chi connectivity index (χ2n) is 5.67. The summed E-state index contributed by atoms with van der Waals surface area (Å²) in [7, 11) is 0. The molecular formula is C16H25NO. The molecule has 1 N–H and O–H groups in total. The van der Waals surface area contributed by atoms with Crippen LogP contribution < -0.4 is 0 Å². The van der Waals surface area contributed by atoms with E-state index in [0.29, 0.717) is 17.8 Å². The van der Waals surface area contributed by atoms with E-state index in [4.69, 9.17) is 0 Å². The van der Waals surface area contributed by atoms with Crippen LogP contribution in [0.1, 0.15) is 56.7 Å². The summed E-state index contributed by atoms with van der Waals surface area (Å²) >= 11 is 0. The maximum Gasteiger partial charge on any atom is 0.120 e. The number of likely N-dealkylation sites (tertiary alicyclic amines) is 1. The quantitative estimate of drug-likeness (QED) is 0.853. The Bertz CT molecular complexity index is 402. The Kier molecular flexibility index (Phi) is 4.28. The van der Waals surface area contributed by atoms with Crippen molar-refractivity contribution in [3.05, 3.63) is 29.3 Å². The van der Waals surface area contributed by atoms with Crippen LogP contribution in [0.3, 0.4) is 0 Å². The maximum absolute atomic E-state index is 10.1. The van der Waals surface area contributed by atoms with Crippen molar-refractivity contribution in [2.45, 2.75) is 58.5 Å². The molecule has 1 fully saturated rings. The Balaban J connectivity index is 2.23. The van der Waals surface area contributed by atoms with Gasteiger partial charge < -0.3 is 5.11 Å². The summed E-state index contributed by atoms with van der Waals surface area (Å²) in [5, 5.41) is 10.1. The number of hydrogen-bond acceptors (Lipinski definition) is 2. The highest BCUT2D eigenvalue weighted by Crippen LogP contribution is 2.32. The van der Waals surface area contributed by atoms with Crippen molar-refractivity contribution in [2.24, 2.45) is 0 Å². The minimum absolute atomic E-state index is 0.304. The standard InChI is InChI=1S/C16H25NO/c1-12-8-9-16(18)15(11-12)14(3)17-10-6-4-5-7-13(17)2/h8-9,11,13-14,18H,4-7,10H2,1-3H3. The van der Waals surface area contributed by atoms with Gasteiger partial charge in [0, 0.05) is 17.6 Å². The van der Waals surface area contributed by atoms with E-state index in [1.165, 1.54) is 31.2 Å². The molecule has 1 aliphatic heterocycles. The van der Waals surface area contributed by atoms with Gasteiger partial charge in [0.1, 0.15) is 5.75 Å². The second kappa shape index (κ2) is 5.75. The van der Waals surface area contributed by atoms with Gasteiger partial charge in [0.05, 0.1) is 0 Å². The van der Waals surface area contributed by atoms with Gasteiger partial charge in [0.2, 0.25) is 0 Å². The van der Waals surface area contributed by atoms with Gasteiger partial charge in [-0.2, -0.15) is 0 Å². The van der Waals surface area contributed by atoms with Crippen molar-refractivity contribution in [1.82, 2.24) is 4.90 Å². The van der Waals surface area contributed by atoms with Crippen LogP contribution in [0.5, 0.6) is 5.75 Å². The van der Waals surface area contributed by atoms with Gasteiger partial charge in [0.15, 0.2) is 0 Å². The number of aryl methyl sites for hydroxylation is 1. The maximum atomic E-state index is 10.1. The molecule has 2 heteroatoms. The number of benzene rings is 1. The highest BCUT2D eigenvalue weighted by atomic mass is 16.3. The summed E-state index contributed by atoms with van der Waals surface area (Å²) in [6.07, 6.45) is 5.23. The summed E-state index contributed by atoms with van der Waals surface area (Å²) in [5.74, 6) is 0.435. The van der Waals surface area contributed by atoms with E-state index in [2.05, 4.69) is 31.7 Å². The average molecular weight is 247 g/mol. The first-order chi connectivity index (χ1) is 8.59. The molecule has 0 radical (unpaired) electrons. The normalized spacial score (nSPS) is 23.6. The number of aromatic hydroxyl groups is 1. The van der Waals surface area contributed by atoms with Gasteiger partial charge in [-0.05, 0) is 46.2 Å². The molecular weight excluding hydrogens is 222 g/mol. The third-order valence-corrected chi connectivity index (χ3v) is 4.23. The first kappa shape index (κ1) is 13.4. The Morgan fingerprint density at radius 2 is 2.06 bits per heavy atom. The van der Waals surface area contributed by atoms with E-state index in [-0.39, 0.29) is 0 Å². The monoisotopic (exact) mass is 247 g/mol. The number of hydrogen-bond donors (Lipinski definition) is 1. The highest BCUT2D eigenvalue weighted by Gasteiger charge is 2.24. The molecule has 1 aromatic rings. The van der Waals surface area contributed by atoms with Crippen LogP contribution in [-0.4, -0.2) is 22.6 Å². The van der Waals surface area contributed by atoms with E-state index in [0.717, 1.165) is 12.1 Å². The molecule has 1 aliphatic rings. The van der Waals surface area contributed by atoms with Crippen LogP contribution >= 0.6 is 0 Å². The van der Waals surface area contributed by atoms with Crippen LogP contribution in [0, 0.1) is 6.92 Å². The molecule has 1 heterocycles. The second-order valence-corrected chi connectivity index (χ2v) is 5.67. The SMILES string of the molecule is Cc1ccc(O)c(C(C)N2CCCCCC2C)c1. The zero-order valence-corrected chi connectivity index (χ0v) is 11.8. The van der Waals surface area contributed by atoms with Gasteiger partial charge in [-0.25, -0.2) is 0 Å². The van der Waals surface area contributed by atoms with E-state index < -0.39 is 0 Å². The number of rotatable bonds is 2. The molecule has 0 spiro atoms. The number of phenolic OH excluding ortho intramolecular Hbond substituents is 1. The predicted molar refractivity (Wildman–Crippen MR) is 75.9 cm³/mol. The molecule has 0 bridgehead atoms. The molecule has 2 unspecified atom stereocenters. The topological polar surface area (TPSA) is 23.5 Å². The molecule has 2 atom stereocenters. The van der Waals surface area contributed by atoms with Crippen LogP contribution in [0.25, 0.3) is 0 Å². The minimum atomic E-state index is 0.304. The summed E-state index contributed by atoms with van der Waals surface area (Å²) in [6.45, 7) is 7.77. The lowest BCUT2D eigenvalue weighted by atomic mass is 10.0. The van der Waals surface area contributed by atoms with Crippen molar-refractivity contribution in [3.8, 4) is 5.75 Å². The van der Waals surface area contributed by atoms with Crippen molar-refractivity contribution in [1.29, 1.82) is 0 Å². The third kappa shape index (κ3) is 2.86. The third-order valence-electron chi connectivity index (χ3n) is 4.23. The molecule has 1 saturated heterocycles. The Morgan fingerprint density at radius 1 is 1.28 bits per heavy atom. The molecule has 2 rings (SSSR count). The van der Waals surface area contributed by atoms with E-state index in [1.54, 1.807) is 0 Å². The van der Waals surface area contributed by atoms with Crippen molar-refractivity contribution in [2.75, 3.05) is 6.54 Å². The molecule has 1 aromatic carbocycles. The summed E-state index contributed by atoms with van der Waals surface area (Å²) < 4.78 is 0. The summed E-state index contributed by atoms with van der Waals surface area (Å²) in [5.41, 5.74) is 2.29. The predicted octanol–water partition coefficient (Wildman–Crippen LogP) is 4.03. The number of nitrogens with zero attached hydrogens (tertiary/aromatic N) is 1. The van der Waals surface area contributed by atoms with Crippen LogP contribution in [0.2, 0.25) is 0 Å². The summed E-state index contributed by atoms with van der Waals surface area (Å²) in [6, 6.07) is 6.83. The van der Waals surface area contributed by atoms with Crippen LogP contribution in [0.15, 0.2) is 18.2 Å². The molecule has 0 amide bonds. The lowest BCUT2D eigenvalue weighted by Gasteiger charge is -2.33. The van der Waals surface area contributed by atoms with Crippen molar-refractivity contribution < 1.29 is 5.11 Å². The first-order valence-corrected chi connectivity index (χ1v) is 7.15. The van der Waals surface area contributed by atoms with Crippen LogP contribution in [0.4, 0.5) is 0 Å². The fourth-order valence-electron chi connectivity index (χ4n) is 3.06. The first-order valence-electron chi connectivity index (χ1n) is 7.15. The minimum Gasteiger partial charge on any atom is -0.508 e. The number of phenols is 1. The molecule has 100 valence electrons. The van der Waals surface area contributed by atoms with Crippen molar-refractivity contribution >= 4 is 0 Å². The van der Waals surface area contributed by atoms with Gasteiger partial charge in [-0.3, -0.25) is 4.90 Å². The van der Waals surface area contributed by atoms with E-state index >= 15 is 0 Å². The zero-order chi connectivity index (χ0) is 13.1. The fraction of sp³-hybridized carbons (Fsp3) is 0.625. The lowest BCUT2D eigenvalue weighted by Crippen LogP contribution is -2.35. The van der Waals surface area contributed by atoms with Gasteiger partial charge in [-0.1, -0.05) is 30.5 Å². The zero-order valence-electron chi connectivity index (χ0n) is 11.8. The highest BCUT2D eigenvalue weighted by molar-refractivity contribution is 5.37. The van der Waals surface area contributed by atoms with Gasteiger partial charge in [0.25, 0.3) is 0 Å². The average Bonchev–Trinajstić information content (AvgIpc) is 2.56. The molecule has 2 nitrogen and oxygen atoms in total. The Hall–Kier alpha value is -1.02. The van der Waals surface area contributed by atoms with Crippen LogP contribution in [-0.2, 0) is 0 Å². The molecule has 0 aromatic heterocycles. The van der Waals surface area contributed by atoms with Gasteiger partial charge >= 0.3 is 0 Å². The lowest BCUT2D eigenvalue weighted by molar-refractivity contribution is 0.156. The van der Waals surface area contributed by atoms with E-state index in [1.807, 2.05) is 12.1 Å². The smallest absolute Gasteiger partial charge is 0.120 e. The largest absolute Gasteiger partial charge is 0.508 e. The van der Waals surface area contributed by atoms with Crippen molar-refractivity contribution in [3.63, 3.8) is 0 Å². The Labute approximate surface area is 111 Å². The van der Waals surface area contributed by atoms with E-state index in [9.17, 15) is 5.11 Å². The molecule has 0 aliphatic carbocycles.